The summed E-state index contributed by atoms with van der Waals surface area (Å²) >= 11 is 0. The smallest absolute Gasteiger partial charge is 0.0410 e. The lowest BCUT2D eigenvalue weighted by Gasteiger charge is -2.20. The summed E-state index contributed by atoms with van der Waals surface area (Å²) in [6.07, 6.45) is 13.2. The zero-order valence-corrected chi connectivity index (χ0v) is 11.0. The van der Waals surface area contributed by atoms with Crippen LogP contribution in [0.2, 0.25) is 0 Å². The monoisotopic (exact) mass is 224 g/mol. The normalized spacial score (nSPS) is 21.0. The van der Waals surface area contributed by atoms with Crippen LogP contribution in [-0.2, 0) is 0 Å². The summed E-state index contributed by atoms with van der Waals surface area (Å²) in [5, 5.41) is 4.16. The standard InChI is InChI=1S/C14H28N2/c1-3-5-7-8-10-13(9-6-4-2)14-11-15-16-12-14/h11,13-14,16H,3-10,12H2,1-2H3. The van der Waals surface area contributed by atoms with E-state index in [1.807, 2.05) is 0 Å². The molecule has 16 heavy (non-hydrogen) atoms. The van der Waals surface area contributed by atoms with E-state index >= 15 is 0 Å². The van der Waals surface area contributed by atoms with E-state index in [2.05, 4.69) is 30.6 Å². The molecule has 0 aromatic heterocycles. The third-order valence-corrected chi connectivity index (χ3v) is 3.65. The van der Waals surface area contributed by atoms with Crippen LogP contribution in [-0.4, -0.2) is 12.8 Å². The lowest BCUT2D eigenvalue weighted by atomic mass is 9.85. The summed E-state index contributed by atoms with van der Waals surface area (Å²) in [7, 11) is 0. The highest BCUT2D eigenvalue weighted by atomic mass is 15.3. The molecular weight excluding hydrogens is 196 g/mol. The SMILES string of the molecule is CCCCCCC(CCCC)C1C=NNC1. The highest BCUT2D eigenvalue weighted by Crippen LogP contribution is 2.25. The number of hydrogen-bond donors (Lipinski definition) is 1. The number of unbranched alkanes of at least 4 members (excludes halogenated alkanes) is 4. The van der Waals surface area contributed by atoms with Crippen molar-refractivity contribution in [2.75, 3.05) is 6.54 Å². The van der Waals surface area contributed by atoms with Crippen LogP contribution in [0.1, 0.15) is 65.2 Å². The molecule has 2 nitrogen and oxygen atoms in total. The van der Waals surface area contributed by atoms with Crippen molar-refractivity contribution in [1.82, 2.24) is 5.43 Å². The second-order valence-electron chi connectivity index (χ2n) is 5.06. The Morgan fingerprint density at radius 2 is 1.88 bits per heavy atom. The number of hydrazone groups is 1. The van der Waals surface area contributed by atoms with Crippen molar-refractivity contribution >= 4 is 6.21 Å². The predicted octanol–water partition coefficient (Wildman–Crippen LogP) is 3.97. The molecular formula is C14H28N2. The van der Waals surface area contributed by atoms with Gasteiger partial charge in [-0.15, -0.1) is 0 Å². The van der Waals surface area contributed by atoms with Gasteiger partial charge in [0.05, 0.1) is 0 Å². The van der Waals surface area contributed by atoms with Gasteiger partial charge in [0.1, 0.15) is 0 Å². The second kappa shape index (κ2) is 8.60. The van der Waals surface area contributed by atoms with Crippen molar-refractivity contribution in [2.45, 2.75) is 65.2 Å². The molecule has 1 heterocycles. The Hall–Kier alpha value is -0.530. The van der Waals surface area contributed by atoms with Gasteiger partial charge in [-0.2, -0.15) is 5.10 Å². The molecule has 1 N–H and O–H groups in total. The van der Waals surface area contributed by atoms with E-state index in [1.165, 1.54) is 51.4 Å². The maximum absolute atomic E-state index is 4.16. The maximum Gasteiger partial charge on any atom is 0.0410 e. The fourth-order valence-electron chi connectivity index (χ4n) is 2.52. The minimum atomic E-state index is 0.702. The van der Waals surface area contributed by atoms with Crippen molar-refractivity contribution < 1.29 is 0 Å². The summed E-state index contributed by atoms with van der Waals surface area (Å²) in [6, 6.07) is 0. The van der Waals surface area contributed by atoms with Gasteiger partial charge < -0.3 is 5.43 Å². The first-order valence-corrected chi connectivity index (χ1v) is 7.14. The predicted molar refractivity (Wildman–Crippen MR) is 71.8 cm³/mol. The van der Waals surface area contributed by atoms with E-state index < -0.39 is 0 Å². The number of nitrogens with zero attached hydrogens (tertiary/aromatic N) is 1. The van der Waals surface area contributed by atoms with E-state index in [4.69, 9.17) is 0 Å². The van der Waals surface area contributed by atoms with Crippen LogP contribution in [0.5, 0.6) is 0 Å². The van der Waals surface area contributed by atoms with Crippen molar-refractivity contribution in [3.63, 3.8) is 0 Å². The average Bonchev–Trinajstić information content (AvgIpc) is 2.82. The highest BCUT2D eigenvalue weighted by Gasteiger charge is 2.21. The first kappa shape index (κ1) is 13.5. The minimum absolute atomic E-state index is 0.702. The molecule has 2 unspecified atom stereocenters. The molecule has 2 heteroatoms. The summed E-state index contributed by atoms with van der Waals surface area (Å²) in [6.45, 7) is 5.64. The molecule has 0 fully saturated rings. The van der Waals surface area contributed by atoms with Crippen LogP contribution in [0.15, 0.2) is 5.10 Å². The Bertz CT molecular complexity index is 189. The minimum Gasteiger partial charge on any atom is -0.310 e. The zero-order valence-electron chi connectivity index (χ0n) is 11.0. The van der Waals surface area contributed by atoms with Gasteiger partial charge in [0.25, 0.3) is 0 Å². The van der Waals surface area contributed by atoms with Crippen LogP contribution in [0.3, 0.4) is 0 Å². The van der Waals surface area contributed by atoms with Gasteiger partial charge in [0.2, 0.25) is 0 Å². The van der Waals surface area contributed by atoms with E-state index in [-0.39, 0.29) is 0 Å². The van der Waals surface area contributed by atoms with E-state index in [1.54, 1.807) is 0 Å². The van der Waals surface area contributed by atoms with Crippen molar-refractivity contribution in [1.29, 1.82) is 0 Å². The topological polar surface area (TPSA) is 24.4 Å². The van der Waals surface area contributed by atoms with Crippen LogP contribution in [0.4, 0.5) is 0 Å². The Morgan fingerprint density at radius 3 is 2.50 bits per heavy atom. The van der Waals surface area contributed by atoms with Crippen molar-refractivity contribution in [3.8, 4) is 0 Å². The molecule has 0 spiro atoms. The molecule has 1 aliphatic heterocycles. The van der Waals surface area contributed by atoms with E-state index in [0.717, 1.165) is 12.5 Å². The Labute approximate surface area is 101 Å². The molecule has 0 amide bonds. The average molecular weight is 224 g/mol. The van der Waals surface area contributed by atoms with Gasteiger partial charge in [-0.25, -0.2) is 0 Å². The van der Waals surface area contributed by atoms with Gasteiger partial charge >= 0.3 is 0 Å². The molecule has 1 aliphatic rings. The molecule has 0 aromatic carbocycles. The summed E-state index contributed by atoms with van der Waals surface area (Å²) in [5.41, 5.74) is 3.10. The van der Waals surface area contributed by atoms with Gasteiger partial charge in [0.15, 0.2) is 0 Å². The van der Waals surface area contributed by atoms with Gasteiger partial charge in [0, 0.05) is 18.7 Å². The molecule has 94 valence electrons. The molecule has 0 radical (unpaired) electrons. The van der Waals surface area contributed by atoms with Crippen LogP contribution in [0, 0.1) is 11.8 Å². The fourth-order valence-corrected chi connectivity index (χ4v) is 2.52. The van der Waals surface area contributed by atoms with Crippen LogP contribution in [0.25, 0.3) is 0 Å². The highest BCUT2D eigenvalue weighted by molar-refractivity contribution is 5.62. The van der Waals surface area contributed by atoms with Gasteiger partial charge in [-0.3, -0.25) is 0 Å². The van der Waals surface area contributed by atoms with E-state index in [0.29, 0.717) is 5.92 Å². The number of hydrogen-bond acceptors (Lipinski definition) is 2. The largest absolute Gasteiger partial charge is 0.310 e. The molecule has 1 rings (SSSR count). The molecule has 0 saturated carbocycles. The molecule has 0 saturated heterocycles. The maximum atomic E-state index is 4.16. The second-order valence-corrected chi connectivity index (χ2v) is 5.06. The Balaban J connectivity index is 2.23. The first-order chi connectivity index (χ1) is 7.88. The van der Waals surface area contributed by atoms with Crippen LogP contribution < -0.4 is 5.43 Å². The van der Waals surface area contributed by atoms with E-state index in [9.17, 15) is 0 Å². The summed E-state index contributed by atoms with van der Waals surface area (Å²) in [5.74, 6) is 1.57. The number of nitrogens with one attached hydrogen (secondary N) is 1. The fraction of sp³-hybridized carbons (Fsp3) is 0.929. The first-order valence-electron chi connectivity index (χ1n) is 7.14. The molecule has 0 aliphatic carbocycles. The molecule has 2 atom stereocenters. The summed E-state index contributed by atoms with van der Waals surface area (Å²) in [4.78, 5) is 0. The summed E-state index contributed by atoms with van der Waals surface area (Å²) < 4.78 is 0. The van der Waals surface area contributed by atoms with Crippen LogP contribution >= 0.6 is 0 Å². The third kappa shape index (κ3) is 5.00. The van der Waals surface area contributed by atoms with Gasteiger partial charge in [-0.1, -0.05) is 52.4 Å². The quantitative estimate of drug-likeness (QED) is 0.589. The van der Waals surface area contributed by atoms with Crippen molar-refractivity contribution in [3.05, 3.63) is 0 Å². The van der Waals surface area contributed by atoms with Gasteiger partial charge in [-0.05, 0) is 18.8 Å². The lowest BCUT2D eigenvalue weighted by Crippen LogP contribution is -2.20. The Morgan fingerprint density at radius 1 is 1.12 bits per heavy atom. The van der Waals surface area contributed by atoms with Crippen molar-refractivity contribution in [2.24, 2.45) is 16.9 Å². The Kier molecular flexibility index (Phi) is 7.28. The third-order valence-electron chi connectivity index (χ3n) is 3.65. The molecule has 0 aromatic rings. The lowest BCUT2D eigenvalue weighted by molar-refractivity contribution is 0.347. The number of rotatable bonds is 9. The molecule has 0 bridgehead atoms. The zero-order chi connectivity index (χ0) is 11.6.